The summed E-state index contributed by atoms with van der Waals surface area (Å²) in [5.74, 6) is 3.64. The minimum atomic E-state index is -1.26. The number of nitrogen functional groups attached to an aromatic ring is 1. The number of nitrogens with one attached hydrogen (secondary N) is 3. The van der Waals surface area contributed by atoms with E-state index in [1.807, 2.05) is 5.43 Å². The van der Waals surface area contributed by atoms with Crippen molar-refractivity contribution in [3.8, 4) is 0 Å². The maximum atomic E-state index is 13.1. The van der Waals surface area contributed by atoms with Crippen LogP contribution < -0.4 is 27.9 Å². The van der Waals surface area contributed by atoms with E-state index in [9.17, 15) is 24.3 Å². The molecule has 1 saturated heterocycles. The summed E-state index contributed by atoms with van der Waals surface area (Å²) in [5, 5.41) is 20.8. The first kappa shape index (κ1) is 28.4. The standard InChI is InChI=1S/C21H23N11O6S3/c1-8-3-12(32-11(24-8)4-30(29-32)21(37)27-23)39-5-9-6-40-18-14(17(34)31(18)15(9)19(35)36)26-16(33)13(28-38-2)10-7-41-20(22)25-10/h3-4,7,14,18,29H,5-6,23H2,1-2H3,(H2,22,25)(H,26,33)(H,27,37)(H,35,36)/b28-13-/t14-,18-/m1/s1. The van der Waals surface area contributed by atoms with Crippen molar-refractivity contribution in [1.29, 1.82) is 0 Å². The lowest BCUT2D eigenvalue weighted by atomic mass is 10.0. The van der Waals surface area contributed by atoms with Gasteiger partial charge in [0.15, 0.2) is 16.7 Å². The first-order valence-corrected chi connectivity index (χ1v) is 14.6. The Morgan fingerprint density at radius 2 is 2.17 bits per heavy atom. The molecule has 8 N–H and O–H groups in total. The summed E-state index contributed by atoms with van der Waals surface area (Å²) in [5.41, 5.74) is 11.6. The van der Waals surface area contributed by atoms with Crippen molar-refractivity contribution in [2.45, 2.75) is 18.3 Å². The second-order valence-electron chi connectivity index (χ2n) is 8.58. The Kier molecular flexibility index (Phi) is 7.91. The molecule has 1 aromatic heterocycles. The Morgan fingerprint density at radius 3 is 2.83 bits per heavy atom. The van der Waals surface area contributed by atoms with Crippen molar-refractivity contribution < 1.29 is 29.1 Å². The van der Waals surface area contributed by atoms with Crippen LogP contribution in [0.2, 0.25) is 0 Å². The number of carboxylic acid groups (broad SMARTS) is 1. The van der Waals surface area contributed by atoms with E-state index < -0.39 is 35.2 Å². The number of carbonyl (C=O) groups excluding carboxylic acids is 3. The molecule has 5 rings (SSSR count). The van der Waals surface area contributed by atoms with Crippen LogP contribution in [0.3, 0.4) is 0 Å². The highest BCUT2D eigenvalue weighted by Crippen LogP contribution is 2.42. The number of thiazole rings is 1. The van der Waals surface area contributed by atoms with Crippen molar-refractivity contribution in [3.05, 3.63) is 45.5 Å². The lowest BCUT2D eigenvalue weighted by molar-refractivity contribution is -0.150. The van der Waals surface area contributed by atoms with E-state index in [1.54, 1.807) is 18.0 Å². The topological polar surface area (TPSA) is 233 Å². The summed E-state index contributed by atoms with van der Waals surface area (Å²) >= 11 is 3.74. The minimum absolute atomic E-state index is 0.133. The van der Waals surface area contributed by atoms with Gasteiger partial charge >= 0.3 is 12.0 Å². The number of hydrazine groups is 3. The fourth-order valence-corrected chi connectivity index (χ4v) is 7.30. The smallest absolute Gasteiger partial charge is 0.352 e. The number of urea groups is 1. The second kappa shape index (κ2) is 11.4. The van der Waals surface area contributed by atoms with Gasteiger partial charge < -0.3 is 21.0 Å². The molecule has 0 radical (unpaired) electrons. The van der Waals surface area contributed by atoms with Crippen LogP contribution in [-0.2, 0) is 19.2 Å². The third kappa shape index (κ3) is 5.34. The maximum Gasteiger partial charge on any atom is 0.352 e. The van der Waals surface area contributed by atoms with E-state index in [1.165, 1.54) is 47.1 Å². The Hall–Kier alpha value is -4.11. The molecule has 0 unspecified atom stereocenters. The van der Waals surface area contributed by atoms with E-state index in [2.05, 4.69) is 26.0 Å². The van der Waals surface area contributed by atoms with Crippen molar-refractivity contribution in [2.24, 2.45) is 16.0 Å². The van der Waals surface area contributed by atoms with Gasteiger partial charge in [0, 0.05) is 22.6 Å². The molecule has 0 aromatic carbocycles. The molecule has 5 heterocycles. The number of allylic oxidation sites excluding steroid dienone is 1. The fraction of sp³-hybridized carbons (Fsp3) is 0.286. The van der Waals surface area contributed by atoms with Crippen LogP contribution in [-0.4, -0.2) is 90.3 Å². The number of β-lactam (4-membered cyclic amide) rings is 1. The van der Waals surface area contributed by atoms with E-state index in [0.717, 1.165) is 16.3 Å². The average molecular weight is 622 g/mol. The summed E-state index contributed by atoms with van der Waals surface area (Å²) in [4.78, 5) is 64.7. The van der Waals surface area contributed by atoms with E-state index in [4.69, 9.17) is 16.4 Å². The number of amides is 4. The maximum absolute atomic E-state index is 13.1. The number of hydrogen-bond donors (Lipinski definition) is 6. The number of thioether (sulfide) groups is 2. The van der Waals surface area contributed by atoms with E-state index in [-0.39, 0.29) is 28.0 Å². The predicted octanol–water partition coefficient (Wildman–Crippen LogP) is -0.717. The van der Waals surface area contributed by atoms with Crippen LogP contribution in [0.5, 0.6) is 0 Å². The van der Waals surface area contributed by atoms with Gasteiger partial charge in [-0.25, -0.2) is 35.4 Å². The monoisotopic (exact) mass is 621 g/mol. The molecule has 4 aliphatic heterocycles. The number of nitrogens with two attached hydrogens (primary N) is 2. The molecule has 1 aromatic rings. The first-order chi connectivity index (χ1) is 19.6. The van der Waals surface area contributed by atoms with Crippen molar-refractivity contribution in [3.63, 3.8) is 0 Å². The van der Waals surface area contributed by atoms with Gasteiger partial charge in [-0.05, 0) is 18.6 Å². The largest absolute Gasteiger partial charge is 0.477 e. The van der Waals surface area contributed by atoms with Crippen molar-refractivity contribution in [2.75, 3.05) is 24.3 Å². The molecule has 41 heavy (non-hydrogen) atoms. The van der Waals surface area contributed by atoms with Crippen LogP contribution in [0, 0.1) is 0 Å². The van der Waals surface area contributed by atoms with Gasteiger partial charge in [0.05, 0.1) is 11.2 Å². The third-order valence-electron chi connectivity index (χ3n) is 5.96. The fourth-order valence-electron chi connectivity index (χ4n) is 4.20. The Bertz CT molecular complexity index is 1480. The molecule has 1 fully saturated rings. The highest BCUT2D eigenvalue weighted by Gasteiger charge is 2.54. The highest BCUT2D eigenvalue weighted by atomic mass is 32.2. The first-order valence-electron chi connectivity index (χ1n) is 11.6. The number of rotatable bonds is 8. The SMILES string of the molecule is CO/N=C(\C(=O)N[C@@H]1C(=O)N2C(C(=O)O)=C(CSC3=CC(C)=NC4=CN(C(=O)NN)NN43)CS[C@H]12)c1csc(N)n1. The van der Waals surface area contributed by atoms with Gasteiger partial charge in [0.1, 0.15) is 29.9 Å². The van der Waals surface area contributed by atoms with Gasteiger partial charge in [-0.3, -0.25) is 19.9 Å². The number of carboxylic acids is 1. The summed E-state index contributed by atoms with van der Waals surface area (Å²) in [6, 6.07) is -1.58. The van der Waals surface area contributed by atoms with Gasteiger partial charge in [-0.1, -0.05) is 5.16 Å². The lowest BCUT2D eigenvalue weighted by Crippen LogP contribution is -2.71. The molecule has 0 aliphatic carbocycles. The average Bonchev–Trinajstić information content (AvgIpc) is 3.58. The van der Waals surface area contributed by atoms with E-state index in [0.29, 0.717) is 27.9 Å². The Morgan fingerprint density at radius 1 is 1.39 bits per heavy atom. The van der Waals surface area contributed by atoms with Gasteiger partial charge in [-0.2, -0.15) is 0 Å². The molecule has 2 atom stereocenters. The molecule has 216 valence electrons. The molecular formula is C21H23N11O6S3. The summed E-state index contributed by atoms with van der Waals surface area (Å²) in [7, 11) is 1.26. The summed E-state index contributed by atoms with van der Waals surface area (Å²) < 4.78 is 0. The van der Waals surface area contributed by atoms with Crippen LogP contribution >= 0.6 is 34.9 Å². The number of carbonyl (C=O) groups is 4. The van der Waals surface area contributed by atoms with Crippen molar-refractivity contribution in [1.82, 2.24) is 36.2 Å². The molecule has 0 bridgehead atoms. The highest BCUT2D eigenvalue weighted by molar-refractivity contribution is 8.03. The third-order valence-corrected chi connectivity index (χ3v) is 9.06. The van der Waals surface area contributed by atoms with Crippen LogP contribution in [0.1, 0.15) is 12.6 Å². The zero-order valence-electron chi connectivity index (χ0n) is 21.4. The number of aromatic nitrogens is 1. The molecular weight excluding hydrogens is 599 g/mol. The Labute approximate surface area is 244 Å². The number of fused-ring (bicyclic) bond motifs is 2. The van der Waals surface area contributed by atoms with Crippen molar-refractivity contribution >= 4 is 75.2 Å². The molecule has 4 aliphatic rings. The van der Waals surface area contributed by atoms with Crippen LogP contribution in [0.15, 0.2) is 49.9 Å². The number of nitrogens with zero attached hydrogens (tertiary/aromatic N) is 6. The van der Waals surface area contributed by atoms with E-state index >= 15 is 0 Å². The number of hydrogen-bond acceptors (Lipinski definition) is 15. The van der Waals surface area contributed by atoms with Gasteiger partial charge in [0.25, 0.3) is 11.8 Å². The number of oxime groups is 1. The molecule has 17 nitrogen and oxygen atoms in total. The lowest BCUT2D eigenvalue weighted by Gasteiger charge is -2.49. The molecule has 0 saturated carbocycles. The summed E-state index contributed by atoms with van der Waals surface area (Å²) in [6.07, 6.45) is 3.23. The zero-order valence-corrected chi connectivity index (χ0v) is 23.8. The molecule has 20 heteroatoms. The number of anilines is 1. The van der Waals surface area contributed by atoms with Crippen LogP contribution in [0.25, 0.3) is 0 Å². The van der Waals surface area contributed by atoms with Gasteiger partial charge in [-0.15, -0.1) is 40.4 Å². The number of aliphatic imine (C=N–C) groups is 1. The second-order valence-corrected chi connectivity index (χ2v) is 11.6. The van der Waals surface area contributed by atoms with Gasteiger partial charge in [0.2, 0.25) is 0 Å². The normalized spacial score (nSPS) is 21.8. The molecule has 4 amide bonds. The quantitative estimate of drug-likeness (QED) is 0.0693. The minimum Gasteiger partial charge on any atom is -0.477 e. The Balaban J connectivity index is 1.29. The predicted molar refractivity (Wildman–Crippen MR) is 151 cm³/mol. The van der Waals surface area contributed by atoms with Crippen LogP contribution in [0.4, 0.5) is 9.93 Å². The summed E-state index contributed by atoms with van der Waals surface area (Å²) in [6.45, 7) is 1.78. The molecule has 0 spiro atoms. The zero-order chi connectivity index (χ0) is 29.4. The number of aliphatic carboxylic acids is 1.